The van der Waals surface area contributed by atoms with Crippen molar-refractivity contribution in [1.82, 2.24) is 15.5 Å². The van der Waals surface area contributed by atoms with E-state index in [9.17, 15) is 26.4 Å². The Balaban J connectivity index is 1.55. The molecule has 0 aliphatic carbocycles. The molecule has 0 saturated carbocycles. The Hall–Kier alpha value is -2.14. The van der Waals surface area contributed by atoms with E-state index in [0.717, 1.165) is 12.1 Å². The van der Waals surface area contributed by atoms with Crippen LogP contribution in [0.2, 0.25) is 5.02 Å². The number of halogens is 4. The zero-order valence-electron chi connectivity index (χ0n) is 16.8. The Morgan fingerprint density at radius 3 is 2.50 bits per heavy atom. The Kier molecular flexibility index (Phi) is 6.23. The number of rotatable bonds is 4. The predicted octanol–water partition coefficient (Wildman–Crippen LogP) is 2.93. The van der Waals surface area contributed by atoms with Crippen molar-refractivity contribution in [3.63, 3.8) is 0 Å². The lowest BCUT2D eigenvalue weighted by Crippen LogP contribution is -2.58. The Morgan fingerprint density at radius 2 is 1.81 bits per heavy atom. The molecular formula is C21H21ClF3N3O3S. The van der Waals surface area contributed by atoms with Gasteiger partial charge in [0.15, 0.2) is 9.84 Å². The summed E-state index contributed by atoms with van der Waals surface area (Å²) in [5, 5.41) is 5.07. The highest BCUT2D eigenvalue weighted by Gasteiger charge is 2.48. The summed E-state index contributed by atoms with van der Waals surface area (Å²) >= 11 is 5.85. The van der Waals surface area contributed by atoms with Gasteiger partial charge in [0.25, 0.3) is 5.91 Å². The number of fused-ring (bicyclic) bond motifs is 1. The summed E-state index contributed by atoms with van der Waals surface area (Å²) in [6.45, 7) is 1.26. The van der Waals surface area contributed by atoms with E-state index in [1.54, 1.807) is 24.3 Å². The average Bonchev–Trinajstić information content (AvgIpc) is 3.15. The van der Waals surface area contributed by atoms with Gasteiger partial charge in [0.1, 0.15) is 5.37 Å². The Labute approximate surface area is 188 Å². The van der Waals surface area contributed by atoms with E-state index in [1.165, 1.54) is 12.1 Å². The molecule has 0 aromatic heterocycles. The van der Waals surface area contributed by atoms with Crippen molar-refractivity contribution in [3.05, 3.63) is 64.7 Å². The number of alkyl halides is 3. The average molecular weight is 488 g/mol. The fourth-order valence-corrected chi connectivity index (χ4v) is 6.56. The van der Waals surface area contributed by atoms with Crippen molar-refractivity contribution >= 4 is 27.3 Å². The van der Waals surface area contributed by atoms with Crippen molar-refractivity contribution in [1.29, 1.82) is 0 Å². The van der Waals surface area contributed by atoms with E-state index < -0.39 is 37.9 Å². The van der Waals surface area contributed by atoms with Crippen molar-refractivity contribution in [3.8, 4) is 0 Å². The van der Waals surface area contributed by atoms with E-state index >= 15 is 0 Å². The van der Waals surface area contributed by atoms with E-state index in [0.29, 0.717) is 36.6 Å². The minimum Gasteiger partial charge on any atom is -0.348 e. The lowest BCUT2D eigenvalue weighted by atomic mass is 10.1. The lowest BCUT2D eigenvalue weighted by molar-refractivity contribution is -0.139. The van der Waals surface area contributed by atoms with Crippen LogP contribution in [0.15, 0.2) is 53.4 Å². The van der Waals surface area contributed by atoms with Crippen molar-refractivity contribution < 1.29 is 26.4 Å². The molecule has 1 amide bonds. The number of piperazine rings is 1. The van der Waals surface area contributed by atoms with Gasteiger partial charge >= 0.3 is 6.18 Å². The quantitative estimate of drug-likeness (QED) is 0.693. The summed E-state index contributed by atoms with van der Waals surface area (Å²) in [6, 6.07) is 9.69. The highest BCUT2D eigenvalue weighted by molar-refractivity contribution is 7.92. The molecule has 2 heterocycles. The van der Waals surface area contributed by atoms with Crippen LogP contribution in [0.1, 0.15) is 22.3 Å². The first kappa shape index (κ1) is 23.0. The van der Waals surface area contributed by atoms with Gasteiger partial charge in [-0.3, -0.25) is 15.0 Å². The third-order valence-electron chi connectivity index (χ3n) is 5.82. The molecule has 2 aliphatic rings. The molecule has 4 rings (SSSR count). The first-order valence-electron chi connectivity index (χ1n) is 10.0. The maximum Gasteiger partial charge on any atom is 0.417 e. The lowest BCUT2D eigenvalue weighted by Gasteiger charge is -2.37. The number of carbonyl (C=O) groups is 1. The minimum absolute atomic E-state index is 0.296. The van der Waals surface area contributed by atoms with E-state index in [4.69, 9.17) is 11.6 Å². The molecule has 11 heteroatoms. The van der Waals surface area contributed by atoms with Crippen LogP contribution < -0.4 is 10.6 Å². The van der Waals surface area contributed by atoms with Crippen LogP contribution in [-0.2, 0) is 16.0 Å². The number of hydrogen-bond acceptors (Lipinski definition) is 5. The second kappa shape index (κ2) is 8.66. The summed E-state index contributed by atoms with van der Waals surface area (Å²) in [5.41, 5.74) is -0.759. The van der Waals surface area contributed by atoms with Crippen LogP contribution in [0.25, 0.3) is 0 Å². The topological polar surface area (TPSA) is 78.5 Å². The number of sulfone groups is 1. The molecule has 0 radical (unpaired) electrons. The SMILES string of the molecule is O=C(N[C@H]1C[C@H]2C(S(=O)(=O)c3ccccc3C(F)(F)F)NCCN2C1)c1ccc(Cl)cc1. The van der Waals surface area contributed by atoms with Crippen LogP contribution in [0.5, 0.6) is 0 Å². The molecule has 2 N–H and O–H groups in total. The molecule has 6 nitrogen and oxygen atoms in total. The summed E-state index contributed by atoms with van der Waals surface area (Å²) < 4.78 is 66.9. The maximum absolute atomic E-state index is 13.5. The molecule has 0 spiro atoms. The minimum atomic E-state index is -4.79. The van der Waals surface area contributed by atoms with Crippen LogP contribution in [-0.4, -0.2) is 56.3 Å². The van der Waals surface area contributed by atoms with Crippen molar-refractivity contribution in [2.75, 3.05) is 19.6 Å². The van der Waals surface area contributed by atoms with Crippen LogP contribution in [0.3, 0.4) is 0 Å². The maximum atomic E-state index is 13.5. The molecule has 2 aliphatic heterocycles. The molecule has 172 valence electrons. The van der Waals surface area contributed by atoms with Crippen LogP contribution in [0.4, 0.5) is 13.2 Å². The standard InChI is InChI=1S/C21H21ClF3N3O3S/c22-14-7-5-13(6-8-14)19(29)27-15-11-17-20(26-9-10-28(17)12-15)32(30,31)18-4-2-1-3-16(18)21(23,24)25/h1-8,15,17,20,26H,9-12H2,(H,27,29)/t15-,17-,20?/m0/s1. The van der Waals surface area contributed by atoms with Gasteiger partial charge in [-0.2, -0.15) is 13.2 Å². The zero-order chi connectivity index (χ0) is 23.1. The molecule has 2 aromatic rings. The Morgan fingerprint density at radius 1 is 1.12 bits per heavy atom. The number of carbonyl (C=O) groups excluding carboxylic acids is 1. The summed E-state index contributed by atoms with van der Waals surface area (Å²) in [5.74, 6) is -0.318. The van der Waals surface area contributed by atoms with Gasteiger partial charge in [0.2, 0.25) is 0 Å². The molecule has 2 saturated heterocycles. The van der Waals surface area contributed by atoms with Crippen LogP contribution >= 0.6 is 11.6 Å². The van der Waals surface area contributed by atoms with Crippen molar-refractivity contribution in [2.45, 2.75) is 35.0 Å². The number of hydrogen-bond donors (Lipinski definition) is 2. The van der Waals surface area contributed by atoms with Gasteiger partial charge in [-0.15, -0.1) is 0 Å². The fourth-order valence-electron chi connectivity index (χ4n) is 4.37. The summed E-state index contributed by atoms with van der Waals surface area (Å²) in [6.07, 6.45) is -4.49. The second-order valence-corrected chi connectivity index (χ2v) is 10.4. The molecule has 32 heavy (non-hydrogen) atoms. The Bertz CT molecular complexity index is 1110. The second-order valence-electron chi connectivity index (χ2n) is 7.89. The van der Waals surface area contributed by atoms with Crippen LogP contribution in [0, 0.1) is 0 Å². The molecular weight excluding hydrogens is 467 g/mol. The summed E-state index contributed by atoms with van der Waals surface area (Å²) in [7, 11) is -4.34. The third-order valence-corrected chi connectivity index (χ3v) is 8.19. The normalized spacial score (nSPS) is 24.2. The van der Waals surface area contributed by atoms with Gasteiger partial charge in [0.05, 0.1) is 10.5 Å². The predicted molar refractivity (Wildman–Crippen MR) is 113 cm³/mol. The zero-order valence-corrected chi connectivity index (χ0v) is 18.3. The highest BCUT2D eigenvalue weighted by Crippen LogP contribution is 2.37. The van der Waals surface area contributed by atoms with E-state index in [-0.39, 0.29) is 11.9 Å². The van der Waals surface area contributed by atoms with E-state index in [1.807, 2.05) is 4.90 Å². The number of amides is 1. The molecule has 1 unspecified atom stereocenters. The van der Waals surface area contributed by atoms with Gasteiger partial charge in [-0.1, -0.05) is 23.7 Å². The van der Waals surface area contributed by atoms with E-state index in [2.05, 4.69) is 10.6 Å². The number of nitrogens with one attached hydrogen (secondary N) is 2. The molecule has 3 atom stereocenters. The van der Waals surface area contributed by atoms with Crippen molar-refractivity contribution in [2.24, 2.45) is 0 Å². The first-order chi connectivity index (χ1) is 15.1. The monoisotopic (exact) mass is 487 g/mol. The third kappa shape index (κ3) is 4.50. The van der Waals surface area contributed by atoms with Gasteiger partial charge in [-0.25, -0.2) is 8.42 Å². The number of benzene rings is 2. The number of nitrogens with zero attached hydrogens (tertiary/aromatic N) is 1. The smallest absolute Gasteiger partial charge is 0.348 e. The van der Waals surface area contributed by atoms with Gasteiger partial charge in [-0.05, 0) is 42.8 Å². The van der Waals surface area contributed by atoms with Gasteiger partial charge < -0.3 is 5.32 Å². The van der Waals surface area contributed by atoms with Gasteiger partial charge in [0, 0.05) is 42.3 Å². The molecule has 2 aromatic carbocycles. The summed E-state index contributed by atoms with van der Waals surface area (Å²) in [4.78, 5) is 13.7. The highest BCUT2D eigenvalue weighted by atomic mass is 35.5. The molecule has 2 fully saturated rings. The largest absolute Gasteiger partial charge is 0.417 e. The first-order valence-corrected chi connectivity index (χ1v) is 11.9. The fraction of sp³-hybridized carbons (Fsp3) is 0.381. The molecule has 0 bridgehead atoms.